The van der Waals surface area contributed by atoms with Gasteiger partial charge in [0.15, 0.2) is 0 Å². The summed E-state index contributed by atoms with van der Waals surface area (Å²) in [7, 11) is 1.50. The van der Waals surface area contributed by atoms with Crippen LogP contribution in [0.1, 0.15) is 10.4 Å². The van der Waals surface area contributed by atoms with Crippen molar-refractivity contribution < 1.29 is 9.53 Å². The predicted molar refractivity (Wildman–Crippen MR) is 90.9 cm³/mol. The van der Waals surface area contributed by atoms with Gasteiger partial charge in [0, 0.05) is 22.9 Å². The molecule has 9 heteroatoms. The van der Waals surface area contributed by atoms with E-state index >= 15 is 0 Å². The van der Waals surface area contributed by atoms with E-state index in [1.165, 1.54) is 19.5 Å². The topological polar surface area (TPSA) is 94.0 Å². The van der Waals surface area contributed by atoms with E-state index in [4.69, 9.17) is 4.74 Å². The van der Waals surface area contributed by atoms with Crippen LogP contribution in [0.4, 0.5) is 5.95 Å². The fourth-order valence-corrected chi connectivity index (χ4v) is 2.14. The van der Waals surface area contributed by atoms with Gasteiger partial charge in [-0.3, -0.25) is 15.6 Å². The number of ether oxygens (including phenoxy) is 1. The van der Waals surface area contributed by atoms with E-state index < -0.39 is 0 Å². The molecule has 0 saturated heterocycles. The summed E-state index contributed by atoms with van der Waals surface area (Å²) in [5, 5.41) is 4.18. The minimum atomic E-state index is -0.357. The highest BCUT2D eigenvalue weighted by molar-refractivity contribution is 9.10. The summed E-state index contributed by atoms with van der Waals surface area (Å²) in [6.45, 7) is 0. The van der Waals surface area contributed by atoms with E-state index in [0.717, 1.165) is 10.2 Å². The Hall–Kier alpha value is -2.94. The number of benzene rings is 1. The highest BCUT2D eigenvalue weighted by Crippen LogP contribution is 2.14. The number of rotatable bonds is 5. The second kappa shape index (κ2) is 7.09. The van der Waals surface area contributed by atoms with Gasteiger partial charge >= 0.3 is 0 Å². The summed E-state index contributed by atoms with van der Waals surface area (Å²) in [5.41, 5.74) is 6.38. The predicted octanol–water partition coefficient (Wildman–Crippen LogP) is 2.19. The Morgan fingerprint density at radius 2 is 2.04 bits per heavy atom. The van der Waals surface area contributed by atoms with E-state index in [1.807, 2.05) is 24.3 Å². The normalized spacial score (nSPS) is 10.2. The number of hydrogen-bond donors (Lipinski definition) is 2. The molecule has 0 saturated carbocycles. The molecule has 0 atom stereocenters. The summed E-state index contributed by atoms with van der Waals surface area (Å²) < 4.78 is 7.57. The zero-order valence-corrected chi connectivity index (χ0v) is 14.2. The molecule has 24 heavy (non-hydrogen) atoms. The van der Waals surface area contributed by atoms with Crippen molar-refractivity contribution in [1.29, 1.82) is 0 Å². The Bertz CT molecular complexity index is 849. The third-order valence-corrected chi connectivity index (χ3v) is 3.59. The summed E-state index contributed by atoms with van der Waals surface area (Å²) >= 11 is 3.38. The lowest BCUT2D eigenvalue weighted by atomic mass is 10.3. The molecule has 1 aromatic carbocycles. The molecule has 8 nitrogen and oxygen atoms in total. The first kappa shape index (κ1) is 15.9. The Morgan fingerprint density at radius 1 is 1.25 bits per heavy atom. The molecule has 0 spiro atoms. The molecule has 3 aromatic rings. The van der Waals surface area contributed by atoms with Crippen LogP contribution in [0.2, 0.25) is 0 Å². The van der Waals surface area contributed by atoms with Crippen LogP contribution >= 0.6 is 15.9 Å². The standard InChI is InChI=1S/C15H13BrN6O2/c1-24-13-6-7-17-15(19-13)21-20-14(23)10-8-18-22(9-10)12-4-2-11(16)3-5-12/h2-9H,1H3,(H,20,23)(H,17,19,21). The van der Waals surface area contributed by atoms with Crippen molar-refractivity contribution in [2.45, 2.75) is 0 Å². The van der Waals surface area contributed by atoms with Gasteiger partial charge in [0.05, 0.1) is 24.6 Å². The molecule has 0 aliphatic heterocycles. The molecule has 0 radical (unpaired) electrons. The zero-order valence-electron chi connectivity index (χ0n) is 12.6. The van der Waals surface area contributed by atoms with E-state index in [0.29, 0.717) is 11.4 Å². The van der Waals surface area contributed by atoms with Crippen LogP contribution < -0.4 is 15.6 Å². The summed E-state index contributed by atoms with van der Waals surface area (Å²) in [6.07, 6.45) is 4.63. The number of halogens is 1. The lowest BCUT2D eigenvalue weighted by Crippen LogP contribution is -2.30. The Labute approximate surface area is 146 Å². The van der Waals surface area contributed by atoms with Crippen molar-refractivity contribution in [1.82, 2.24) is 25.2 Å². The van der Waals surface area contributed by atoms with Gasteiger partial charge in [-0.25, -0.2) is 9.67 Å². The molecule has 122 valence electrons. The van der Waals surface area contributed by atoms with Crippen molar-refractivity contribution in [2.75, 3.05) is 12.5 Å². The van der Waals surface area contributed by atoms with Crippen LogP contribution in [0.3, 0.4) is 0 Å². The van der Waals surface area contributed by atoms with Crippen LogP contribution in [0.25, 0.3) is 5.69 Å². The van der Waals surface area contributed by atoms with Gasteiger partial charge in [-0.1, -0.05) is 15.9 Å². The number of hydrazine groups is 1. The van der Waals surface area contributed by atoms with Crippen LogP contribution in [0.15, 0.2) is 53.4 Å². The largest absolute Gasteiger partial charge is 0.481 e. The molecule has 1 amide bonds. The Morgan fingerprint density at radius 3 is 2.79 bits per heavy atom. The van der Waals surface area contributed by atoms with Crippen molar-refractivity contribution >= 4 is 27.8 Å². The minimum absolute atomic E-state index is 0.225. The van der Waals surface area contributed by atoms with Gasteiger partial charge < -0.3 is 4.74 Å². The number of anilines is 1. The van der Waals surface area contributed by atoms with E-state index in [9.17, 15) is 4.79 Å². The van der Waals surface area contributed by atoms with Crippen LogP contribution in [0, 0.1) is 0 Å². The van der Waals surface area contributed by atoms with Crippen LogP contribution in [-0.4, -0.2) is 32.8 Å². The lowest BCUT2D eigenvalue weighted by Gasteiger charge is -2.06. The average Bonchev–Trinajstić information content (AvgIpc) is 3.10. The first-order valence-corrected chi connectivity index (χ1v) is 7.69. The Balaban J connectivity index is 1.66. The summed E-state index contributed by atoms with van der Waals surface area (Å²) in [4.78, 5) is 20.2. The SMILES string of the molecule is COc1ccnc(NNC(=O)c2cnn(-c3ccc(Br)cc3)c2)n1. The summed E-state index contributed by atoms with van der Waals surface area (Å²) in [5.74, 6) is 0.262. The van der Waals surface area contributed by atoms with Crippen molar-refractivity contribution in [3.63, 3.8) is 0 Å². The first-order valence-electron chi connectivity index (χ1n) is 6.90. The van der Waals surface area contributed by atoms with Gasteiger partial charge in [0.2, 0.25) is 11.8 Å². The van der Waals surface area contributed by atoms with Crippen molar-refractivity contribution in [2.24, 2.45) is 0 Å². The molecule has 2 N–H and O–H groups in total. The highest BCUT2D eigenvalue weighted by atomic mass is 79.9. The fraction of sp³-hybridized carbons (Fsp3) is 0.0667. The lowest BCUT2D eigenvalue weighted by molar-refractivity contribution is 0.0962. The number of carbonyl (C=O) groups excluding carboxylic acids is 1. The van der Waals surface area contributed by atoms with Gasteiger partial charge in [-0.05, 0) is 24.3 Å². The molecule has 2 aromatic heterocycles. The zero-order chi connectivity index (χ0) is 16.9. The number of methoxy groups -OCH3 is 1. The summed E-state index contributed by atoms with van der Waals surface area (Å²) in [6, 6.07) is 9.19. The maximum atomic E-state index is 12.1. The Kier molecular flexibility index (Phi) is 4.71. The molecule has 0 unspecified atom stereocenters. The number of aromatic nitrogens is 4. The molecular weight excluding hydrogens is 376 g/mol. The average molecular weight is 389 g/mol. The van der Waals surface area contributed by atoms with Gasteiger partial charge in [0.1, 0.15) is 0 Å². The van der Waals surface area contributed by atoms with E-state index in [-0.39, 0.29) is 11.9 Å². The molecule has 0 fully saturated rings. The molecule has 0 aliphatic carbocycles. The quantitative estimate of drug-likeness (QED) is 0.650. The minimum Gasteiger partial charge on any atom is -0.481 e. The molecule has 2 heterocycles. The highest BCUT2D eigenvalue weighted by Gasteiger charge is 2.10. The monoisotopic (exact) mass is 388 g/mol. The van der Waals surface area contributed by atoms with Crippen molar-refractivity contribution in [3.8, 4) is 11.6 Å². The molecular formula is C15H13BrN6O2. The number of hydrogen-bond acceptors (Lipinski definition) is 6. The third-order valence-electron chi connectivity index (χ3n) is 3.06. The van der Waals surface area contributed by atoms with Crippen molar-refractivity contribution in [3.05, 3.63) is 59.0 Å². The third kappa shape index (κ3) is 3.69. The smallest absolute Gasteiger partial charge is 0.272 e. The molecule has 0 aliphatic rings. The van der Waals surface area contributed by atoms with Crippen LogP contribution in [-0.2, 0) is 0 Å². The number of carbonyl (C=O) groups is 1. The van der Waals surface area contributed by atoms with Crippen LogP contribution in [0.5, 0.6) is 5.88 Å². The molecule has 0 bridgehead atoms. The number of amides is 1. The maximum Gasteiger partial charge on any atom is 0.272 e. The van der Waals surface area contributed by atoms with E-state index in [1.54, 1.807) is 16.9 Å². The van der Waals surface area contributed by atoms with Gasteiger partial charge in [-0.15, -0.1) is 0 Å². The van der Waals surface area contributed by atoms with E-state index in [2.05, 4.69) is 41.8 Å². The molecule has 3 rings (SSSR count). The van der Waals surface area contributed by atoms with Gasteiger partial charge in [0.25, 0.3) is 5.91 Å². The number of nitrogens with one attached hydrogen (secondary N) is 2. The second-order valence-corrected chi connectivity index (χ2v) is 5.57. The number of nitrogens with zero attached hydrogens (tertiary/aromatic N) is 4. The fourth-order valence-electron chi connectivity index (χ4n) is 1.88. The van der Waals surface area contributed by atoms with Gasteiger partial charge in [-0.2, -0.15) is 10.1 Å². The second-order valence-electron chi connectivity index (χ2n) is 4.65. The maximum absolute atomic E-state index is 12.1. The first-order chi connectivity index (χ1) is 11.7.